The summed E-state index contributed by atoms with van der Waals surface area (Å²) in [6, 6.07) is 7.85. The number of H-pyrrole nitrogens is 1. The third-order valence-electron chi connectivity index (χ3n) is 8.01. The van der Waals surface area contributed by atoms with Crippen molar-refractivity contribution in [3.63, 3.8) is 0 Å². The van der Waals surface area contributed by atoms with Crippen LogP contribution >= 0.6 is 11.3 Å². The van der Waals surface area contributed by atoms with E-state index in [-0.39, 0.29) is 29.0 Å². The first-order valence-electron chi connectivity index (χ1n) is 13.0. The molecule has 2 amide bonds. The smallest absolute Gasteiger partial charge is 0.410 e. The predicted molar refractivity (Wildman–Crippen MR) is 142 cm³/mol. The molecule has 3 aromatic rings. The van der Waals surface area contributed by atoms with E-state index in [1.54, 1.807) is 16.2 Å². The molecule has 0 unspecified atom stereocenters. The molecular weight excluding hydrogens is 488 g/mol. The van der Waals surface area contributed by atoms with Gasteiger partial charge in [0.1, 0.15) is 5.60 Å². The van der Waals surface area contributed by atoms with Gasteiger partial charge >= 0.3 is 6.09 Å². The Balaban J connectivity index is 1.04. The van der Waals surface area contributed by atoms with Crippen LogP contribution in [0.1, 0.15) is 78.9 Å². The third-order valence-corrected chi connectivity index (χ3v) is 9.02. The number of aromatic amines is 1. The molecule has 1 aliphatic heterocycles. The normalized spacial score (nSPS) is 24.8. The number of amides is 2. The summed E-state index contributed by atoms with van der Waals surface area (Å²) in [4.78, 5) is 40.5. The summed E-state index contributed by atoms with van der Waals surface area (Å²) >= 11 is 1.54. The summed E-state index contributed by atoms with van der Waals surface area (Å²) in [6.07, 6.45) is 4.40. The van der Waals surface area contributed by atoms with E-state index in [9.17, 15) is 14.4 Å². The van der Waals surface area contributed by atoms with Gasteiger partial charge in [0.25, 0.3) is 11.5 Å². The minimum Gasteiger partial charge on any atom is -0.444 e. The van der Waals surface area contributed by atoms with Gasteiger partial charge in [-0.05, 0) is 69.9 Å². The number of rotatable bonds is 3. The SMILES string of the molecule is CC(C)(C)OC(=O)N1CCc2c(C(=O)N[C@H]3CC4(C3)C[C@H](c3n[nH]c(=O)c5ccccc53)C4)csc2C1. The number of hydrogen-bond acceptors (Lipinski definition) is 6. The molecule has 3 aliphatic rings. The van der Waals surface area contributed by atoms with Crippen molar-refractivity contribution in [3.05, 3.63) is 61.7 Å². The van der Waals surface area contributed by atoms with Crippen molar-refractivity contribution in [1.82, 2.24) is 20.4 Å². The molecule has 9 heteroatoms. The van der Waals surface area contributed by atoms with Crippen LogP contribution in [0.15, 0.2) is 34.4 Å². The Hall–Kier alpha value is -3.20. The highest BCUT2D eigenvalue weighted by atomic mass is 32.1. The van der Waals surface area contributed by atoms with Crippen LogP contribution in [0.3, 0.4) is 0 Å². The second kappa shape index (κ2) is 8.68. The highest BCUT2D eigenvalue weighted by Gasteiger charge is 2.54. The molecule has 1 aromatic carbocycles. The fourth-order valence-corrected chi connectivity index (χ4v) is 7.41. The van der Waals surface area contributed by atoms with Gasteiger partial charge in [0, 0.05) is 34.1 Å². The average molecular weight is 521 g/mol. The van der Waals surface area contributed by atoms with E-state index in [1.165, 1.54) is 0 Å². The maximum absolute atomic E-state index is 13.1. The topological polar surface area (TPSA) is 104 Å². The monoisotopic (exact) mass is 520 g/mol. The van der Waals surface area contributed by atoms with E-state index in [1.807, 2.05) is 50.4 Å². The second-order valence-corrected chi connectivity index (χ2v) is 12.8. The van der Waals surface area contributed by atoms with Crippen molar-refractivity contribution in [2.24, 2.45) is 5.41 Å². The number of fused-ring (bicyclic) bond motifs is 2. The summed E-state index contributed by atoms with van der Waals surface area (Å²) in [6.45, 7) is 6.64. The van der Waals surface area contributed by atoms with E-state index >= 15 is 0 Å². The van der Waals surface area contributed by atoms with Crippen LogP contribution in [0.4, 0.5) is 4.79 Å². The fourth-order valence-electron chi connectivity index (χ4n) is 6.31. The molecule has 194 valence electrons. The molecule has 0 saturated heterocycles. The van der Waals surface area contributed by atoms with Gasteiger partial charge in [0.05, 0.1) is 23.2 Å². The van der Waals surface area contributed by atoms with Gasteiger partial charge in [0.15, 0.2) is 0 Å². The molecule has 37 heavy (non-hydrogen) atoms. The molecule has 8 nitrogen and oxygen atoms in total. The Morgan fingerprint density at radius 3 is 2.62 bits per heavy atom. The number of benzene rings is 1. The van der Waals surface area contributed by atoms with Gasteiger partial charge in [-0.2, -0.15) is 5.10 Å². The van der Waals surface area contributed by atoms with Crippen molar-refractivity contribution >= 4 is 34.1 Å². The molecule has 0 bridgehead atoms. The zero-order chi connectivity index (χ0) is 25.9. The van der Waals surface area contributed by atoms with Gasteiger partial charge in [-0.1, -0.05) is 18.2 Å². The second-order valence-electron chi connectivity index (χ2n) is 11.9. The van der Waals surface area contributed by atoms with E-state index in [4.69, 9.17) is 4.74 Å². The van der Waals surface area contributed by atoms with Crippen LogP contribution in [0.5, 0.6) is 0 Å². The summed E-state index contributed by atoms with van der Waals surface area (Å²) in [5, 5.41) is 13.9. The van der Waals surface area contributed by atoms with Crippen molar-refractivity contribution in [2.75, 3.05) is 6.54 Å². The Labute approximate surface area is 219 Å². The Kier molecular flexibility index (Phi) is 5.67. The predicted octanol–water partition coefficient (Wildman–Crippen LogP) is 4.73. The third kappa shape index (κ3) is 4.43. The van der Waals surface area contributed by atoms with E-state index < -0.39 is 5.60 Å². The van der Waals surface area contributed by atoms with Gasteiger partial charge in [0.2, 0.25) is 0 Å². The molecule has 1 spiro atoms. The van der Waals surface area contributed by atoms with Gasteiger partial charge in [-0.3, -0.25) is 9.59 Å². The molecule has 2 aliphatic carbocycles. The Morgan fingerprint density at radius 1 is 1.16 bits per heavy atom. The first-order valence-corrected chi connectivity index (χ1v) is 13.8. The fraction of sp³-hybridized carbons (Fsp3) is 0.500. The van der Waals surface area contributed by atoms with E-state index in [2.05, 4.69) is 15.5 Å². The van der Waals surface area contributed by atoms with Crippen LogP contribution < -0.4 is 10.9 Å². The van der Waals surface area contributed by atoms with Crippen LogP contribution in [-0.4, -0.2) is 45.3 Å². The molecule has 2 aromatic heterocycles. The molecule has 2 fully saturated rings. The number of ether oxygens (including phenoxy) is 1. The lowest BCUT2D eigenvalue weighted by Crippen LogP contribution is -2.55. The molecular formula is C28H32N4O4S. The lowest BCUT2D eigenvalue weighted by atomic mass is 9.49. The number of nitrogens with one attached hydrogen (secondary N) is 2. The number of carbonyl (C=O) groups excluding carboxylic acids is 2. The van der Waals surface area contributed by atoms with Gasteiger partial charge < -0.3 is 15.0 Å². The van der Waals surface area contributed by atoms with E-state index in [0.29, 0.717) is 30.8 Å². The highest BCUT2D eigenvalue weighted by molar-refractivity contribution is 7.10. The highest BCUT2D eigenvalue weighted by Crippen LogP contribution is 2.62. The largest absolute Gasteiger partial charge is 0.444 e. The first-order chi connectivity index (χ1) is 17.6. The number of nitrogens with zero attached hydrogens (tertiary/aromatic N) is 2. The van der Waals surface area contributed by atoms with Crippen LogP contribution in [0.25, 0.3) is 10.8 Å². The summed E-state index contributed by atoms with van der Waals surface area (Å²) in [5.74, 6) is 0.336. The molecule has 2 saturated carbocycles. The zero-order valence-electron chi connectivity index (χ0n) is 21.4. The minimum absolute atomic E-state index is 0.00719. The number of hydrogen-bond donors (Lipinski definition) is 2. The standard InChI is InChI=1S/C28H32N4O4S/c1-27(2,3)36-26(35)32-9-8-18-21(15-37-22(18)14-32)24(33)29-17-12-28(13-17)10-16(11-28)23-19-6-4-5-7-20(19)25(34)31-30-23/h4-7,15-17H,8-14H2,1-3H3,(H,29,33)(H,31,34)/t16-,17-,28?. The first kappa shape index (κ1) is 24.2. The quantitative estimate of drug-likeness (QED) is 0.519. The summed E-state index contributed by atoms with van der Waals surface area (Å²) in [7, 11) is 0. The maximum atomic E-state index is 13.1. The molecule has 2 N–H and O–H groups in total. The van der Waals surface area contributed by atoms with Crippen molar-refractivity contribution in [2.45, 2.75) is 77.0 Å². The summed E-state index contributed by atoms with van der Waals surface area (Å²) < 4.78 is 5.51. The van der Waals surface area contributed by atoms with Crippen molar-refractivity contribution in [3.8, 4) is 0 Å². The summed E-state index contributed by atoms with van der Waals surface area (Å²) in [5.41, 5.74) is 2.40. The van der Waals surface area contributed by atoms with Crippen LogP contribution in [0, 0.1) is 5.41 Å². The number of carbonyl (C=O) groups is 2. The zero-order valence-corrected chi connectivity index (χ0v) is 22.2. The maximum Gasteiger partial charge on any atom is 0.410 e. The lowest BCUT2D eigenvalue weighted by Gasteiger charge is -2.57. The van der Waals surface area contributed by atoms with Gasteiger partial charge in [-0.15, -0.1) is 11.3 Å². The molecule has 3 heterocycles. The van der Waals surface area contributed by atoms with Crippen molar-refractivity contribution in [1.29, 1.82) is 0 Å². The van der Waals surface area contributed by atoms with Crippen molar-refractivity contribution < 1.29 is 14.3 Å². The van der Waals surface area contributed by atoms with Crippen LogP contribution in [0.2, 0.25) is 0 Å². The lowest BCUT2D eigenvalue weighted by molar-refractivity contribution is -0.0196. The molecule has 0 radical (unpaired) electrons. The Morgan fingerprint density at radius 2 is 1.89 bits per heavy atom. The molecule has 0 atom stereocenters. The van der Waals surface area contributed by atoms with Gasteiger partial charge in [-0.25, -0.2) is 9.89 Å². The number of thiophene rings is 1. The molecule has 6 rings (SSSR count). The minimum atomic E-state index is -0.525. The Bertz CT molecular complexity index is 1440. The van der Waals surface area contributed by atoms with E-state index in [0.717, 1.165) is 52.8 Å². The van der Waals surface area contributed by atoms with Crippen LogP contribution in [-0.2, 0) is 17.7 Å². The average Bonchev–Trinajstić information content (AvgIpc) is 3.23. The number of aromatic nitrogens is 2.